The molecule has 16 heavy (non-hydrogen) atoms. The summed E-state index contributed by atoms with van der Waals surface area (Å²) in [4.78, 5) is 22.5. The predicted octanol–water partition coefficient (Wildman–Crippen LogP) is -0.473. The van der Waals surface area contributed by atoms with Crippen LogP contribution in [0.5, 0.6) is 0 Å². The van der Waals surface area contributed by atoms with E-state index in [1.165, 1.54) is 12.7 Å². The first-order chi connectivity index (χ1) is 7.59. The molecule has 2 heterocycles. The highest BCUT2D eigenvalue weighted by Crippen LogP contribution is 2.15. The van der Waals surface area contributed by atoms with Crippen molar-refractivity contribution in [2.75, 3.05) is 0 Å². The zero-order valence-corrected chi connectivity index (χ0v) is 9.00. The number of nitrogens with two attached hydrogens (primary N) is 1. The zero-order valence-electron chi connectivity index (χ0n) is 8.11. The average Bonchev–Trinajstić information content (AvgIpc) is 2.63. The van der Waals surface area contributed by atoms with Gasteiger partial charge in [0, 0.05) is 0 Å². The summed E-state index contributed by atoms with van der Waals surface area (Å²) in [7, 11) is 0. The van der Waals surface area contributed by atoms with Gasteiger partial charge >= 0.3 is 5.97 Å². The lowest BCUT2D eigenvalue weighted by Gasteiger charge is -2.07. The fourth-order valence-electron chi connectivity index (χ4n) is 1.29. The van der Waals surface area contributed by atoms with Crippen molar-refractivity contribution < 1.29 is 9.90 Å². The van der Waals surface area contributed by atoms with Crippen LogP contribution in [0, 0.1) is 0 Å². The average molecular weight is 239 g/mol. The lowest BCUT2D eigenvalue weighted by atomic mass is 10.3. The van der Waals surface area contributed by atoms with E-state index in [0.717, 1.165) is 0 Å². The van der Waals surface area contributed by atoms with Gasteiger partial charge in [-0.15, -0.1) is 12.6 Å². The van der Waals surface area contributed by atoms with Gasteiger partial charge in [0.2, 0.25) is 0 Å². The molecule has 0 radical (unpaired) electrons. The number of hydrogen-bond donors (Lipinski definition) is 3. The Hall–Kier alpha value is -1.67. The molecule has 2 rings (SSSR count). The van der Waals surface area contributed by atoms with Crippen molar-refractivity contribution in [2.24, 2.45) is 5.73 Å². The molecule has 0 spiro atoms. The summed E-state index contributed by atoms with van der Waals surface area (Å²) in [6.45, 7) is 0.107. The van der Waals surface area contributed by atoms with E-state index in [0.29, 0.717) is 16.2 Å². The van der Waals surface area contributed by atoms with Crippen LogP contribution < -0.4 is 5.73 Å². The fraction of sp³-hybridized carbons (Fsp3) is 0.250. The van der Waals surface area contributed by atoms with Crippen molar-refractivity contribution in [1.29, 1.82) is 0 Å². The molecule has 0 aliphatic carbocycles. The summed E-state index contributed by atoms with van der Waals surface area (Å²) in [5, 5.41) is 9.15. The Kier molecular flexibility index (Phi) is 2.75. The van der Waals surface area contributed by atoms with Crippen molar-refractivity contribution in [3.05, 3.63) is 12.7 Å². The van der Waals surface area contributed by atoms with Gasteiger partial charge in [0.1, 0.15) is 22.9 Å². The normalized spacial score (nSPS) is 12.9. The topological polar surface area (TPSA) is 107 Å². The highest BCUT2D eigenvalue weighted by molar-refractivity contribution is 7.80. The maximum absolute atomic E-state index is 10.6. The minimum absolute atomic E-state index is 0.107. The highest BCUT2D eigenvalue weighted by atomic mass is 32.1. The molecule has 1 atom stereocenters. The second-order valence-electron chi connectivity index (χ2n) is 3.21. The minimum Gasteiger partial charge on any atom is -0.480 e. The molecule has 0 aliphatic heterocycles. The Morgan fingerprint density at radius 1 is 1.56 bits per heavy atom. The molecule has 0 fully saturated rings. The summed E-state index contributed by atoms with van der Waals surface area (Å²) in [5.74, 6) is -1.07. The molecule has 0 bridgehead atoms. The molecule has 0 amide bonds. The Balaban J connectivity index is 2.39. The number of aromatic nitrogens is 4. The third-order valence-electron chi connectivity index (χ3n) is 2.09. The molecular formula is C8H9N5O2S. The number of rotatable bonds is 3. The predicted molar refractivity (Wildman–Crippen MR) is 58.2 cm³/mol. The summed E-state index contributed by atoms with van der Waals surface area (Å²) in [5.41, 5.74) is 6.48. The van der Waals surface area contributed by atoms with Gasteiger partial charge in [-0.3, -0.25) is 4.79 Å². The first kappa shape index (κ1) is 10.8. The van der Waals surface area contributed by atoms with Crippen LogP contribution in [0.2, 0.25) is 0 Å². The summed E-state index contributed by atoms with van der Waals surface area (Å²) in [6.07, 6.45) is 2.82. The second-order valence-corrected chi connectivity index (χ2v) is 3.63. The third kappa shape index (κ3) is 1.84. The summed E-state index contributed by atoms with van der Waals surface area (Å²) >= 11 is 4.12. The Morgan fingerprint density at radius 3 is 3.00 bits per heavy atom. The Labute approximate surface area is 95.7 Å². The van der Waals surface area contributed by atoms with Crippen LogP contribution in [-0.4, -0.2) is 36.6 Å². The number of carbonyl (C=O) groups is 1. The number of thiol groups is 1. The van der Waals surface area contributed by atoms with E-state index in [4.69, 9.17) is 10.8 Å². The number of imidazole rings is 1. The van der Waals surface area contributed by atoms with E-state index in [1.54, 1.807) is 4.57 Å². The van der Waals surface area contributed by atoms with Crippen molar-refractivity contribution in [3.8, 4) is 0 Å². The van der Waals surface area contributed by atoms with E-state index >= 15 is 0 Å². The highest BCUT2D eigenvalue weighted by Gasteiger charge is 2.15. The molecule has 7 nitrogen and oxygen atoms in total. The molecule has 2 aromatic heterocycles. The molecule has 0 saturated carbocycles. The molecule has 0 aliphatic rings. The monoisotopic (exact) mass is 239 g/mol. The molecule has 0 saturated heterocycles. The lowest BCUT2D eigenvalue weighted by Crippen LogP contribution is -2.34. The maximum atomic E-state index is 10.6. The fourth-order valence-corrected chi connectivity index (χ4v) is 1.50. The Bertz CT molecular complexity index is 540. The first-order valence-electron chi connectivity index (χ1n) is 4.43. The van der Waals surface area contributed by atoms with Gasteiger partial charge in [0.25, 0.3) is 0 Å². The smallest absolute Gasteiger partial charge is 0.322 e. The van der Waals surface area contributed by atoms with E-state index < -0.39 is 12.0 Å². The van der Waals surface area contributed by atoms with Gasteiger partial charge in [-0.2, -0.15) is 0 Å². The Morgan fingerprint density at radius 2 is 2.31 bits per heavy atom. The summed E-state index contributed by atoms with van der Waals surface area (Å²) < 4.78 is 1.56. The van der Waals surface area contributed by atoms with Gasteiger partial charge < -0.3 is 15.4 Å². The molecule has 84 valence electrons. The molecular weight excluding hydrogens is 230 g/mol. The van der Waals surface area contributed by atoms with Crippen molar-refractivity contribution in [2.45, 2.75) is 17.6 Å². The van der Waals surface area contributed by atoms with E-state index in [9.17, 15) is 4.79 Å². The van der Waals surface area contributed by atoms with Gasteiger partial charge in [0.15, 0.2) is 5.65 Å². The second kappa shape index (κ2) is 4.06. The molecule has 8 heteroatoms. The van der Waals surface area contributed by atoms with E-state index in [1.807, 2.05) is 0 Å². The van der Waals surface area contributed by atoms with Gasteiger partial charge in [-0.25, -0.2) is 15.0 Å². The van der Waals surface area contributed by atoms with Crippen LogP contribution in [0.4, 0.5) is 0 Å². The molecule has 3 N–H and O–H groups in total. The van der Waals surface area contributed by atoms with Crippen molar-refractivity contribution >= 4 is 29.8 Å². The number of fused-ring (bicyclic) bond motifs is 1. The van der Waals surface area contributed by atoms with Crippen molar-refractivity contribution in [1.82, 2.24) is 19.5 Å². The number of hydrogen-bond acceptors (Lipinski definition) is 6. The van der Waals surface area contributed by atoms with Crippen molar-refractivity contribution in [3.63, 3.8) is 0 Å². The van der Waals surface area contributed by atoms with Gasteiger partial charge in [0.05, 0.1) is 12.9 Å². The SMILES string of the molecule is N[C@@H](Cn1cnc2c(S)ncnc21)C(=O)O. The van der Waals surface area contributed by atoms with Crippen LogP contribution in [0.15, 0.2) is 17.7 Å². The van der Waals surface area contributed by atoms with Crippen LogP contribution in [0.1, 0.15) is 0 Å². The number of carboxylic acid groups (broad SMARTS) is 1. The van der Waals surface area contributed by atoms with E-state index in [-0.39, 0.29) is 6.54 Å². The van der Waals surface area contributed by atoms with Crippen LogP contribution in [0.3, 0.4) is 0 Å². The molecule has 0 aromatic carbocycles. The van der Waals surface area contributed by atoms with Crippen LogP contribution in [-0.2, 0) is 11.3 Å². The van der Waals surface area contributed by atoms with E-state index in [2.05, 4.69) is 27.6 Å². The number of aliphatic carboxylic acids is 1. The largest absolute Gasteiger partial charge is 0.480 e. The van der Waals surface area contributed by atoms with Crippen LogP contribution in [0.25, 0.3) is 11.2 Å². The minimum atomic E-state index is -1.07. The lowest BCUT2D eigenvalue weighted by molar-refractivity contribution is -0.138. The molecule has 0 unspecified atom stereocenters. The maximum Gasteiger partial charge on any atom is 0.322 e. The number of nitrogens with zero attached hydrogens (tertiary/aromatic N) is 4. The van der Waals surface area contributed by atoms with Gasteiger partial charge in [-0.1, -0.05) is 0 Å². The van der Waals surface area contributed by atoms with Gasteiger partial charge in [-0.05, 0) is 0 Å². The molecule has 2 aromatic rings. The standard InChI is InChI=1S/C8H9N5O2S/c9-4(8(14)15)1-13-3-12-5-6(13)10-2-11-7(5)16/h2-4H,1,9H2,(H,14,15)(H,10,11,16)/t4-/m0/s1. The van der Waals surface area contributed by atoms with Crippen LogP contribution >= 0.6 is 12.6 Å². The third-order valence-corrected chi connectivity index (χ3v) is 2.42. The summed E-state index contributed by atoms with van der Waals surface area (Å²) in [6, 6.07) is -0.990. The first-order valence-corrected chi connectivity index (χ1v) is 4.87. The number of carboxylic acids is 1. The quantitative estimate of drug-likeness (QED) is 0.493. The zero-order chi connectivity index (χ0) is 11.7.